The smallest absolute Gasteiger partial charge is 0.200 e. The summed E-state index contributed by atoms with van der Waals surface area (Å²) >= 11 is 1.59. The van der Waals surface area contributed by atoms with Gasteiger partial charge in [-0.2, -0.15) is 0 Å². The van der Waals surface area contributed by atoms with Crippen LogP contribution in [0, 0.1) is 0 Å². The van der Waals surface area contributed by atoms with Gasteiger partial charge in [-0.3, -0.25) is 4.57 Å². The normalized spacial score (nSPS) is 10.4. The first-order chi connectivity index (χ1) is 8.36. The van der Waals surface area contributed by atoms with E-state index in [0.717, 1.165) is 16.7 Å². The summed E-state index contributed by atoms with van der Waals surface area (Å²) in [6, 6.07) is 3.70. The molecule has 0 saturated carbocycles. The van der Waals surface area contributed by atoms with Crippen molar-refractivity contribution in [3.05, 3.63) is 43.7 Å². The maximum atomic E-state index is 5.34. The molecule has 0 aromatic carbocycles. The first kappa shape index (κ1) is 11.7. The van der Waals surface area contributed by atoms with Crippen LogP contribution in [-0.2, 0) is 6.54 Å². The molecule has 0 aliphatic rings. The van der Waals surface area contributed by atoms with Crippen molar-refractivity contribution in [2.75, 3.05) is 5.75 Å². The van der Waals surface area contributed by atoms with Gasteiger partial charge in [0.2, 0.25) is 5.82 Å². The van der Waals surface area contributed by atoms with Gasteiger partial charge in [0.15, 0.2) is 10.9 Å². The van der Waals surface area contributed by atoms with E-state index in [1.165, 1.54) is 0 Å². The van der Waals surface area contributed by atoms with Gasteiger partial charge in [0.25, 0.3) is 0 Å². The van der Waals surface area contributed by atoms with Gasteiger partial charge in [0.1, 0.15) is 0 Å². The molecule has 0 N–H and O–H groups in total. The number of furan rings is 1. The molecule has 88 valence electrons. The molecule has 0 atom stereocenters. The second-order valence-electron chi connectivity index (χ2n) is 3.28. The third-order valence-electron chi connectivity index (χ3n) is 2.10. The van der Waals surface area contributed by atoms with Gasteiger partial charge >= 0.3 is 0 Å². The van der Waals surface area contributed by atoms with Crippen LogP contribution in [0.15, 0.2) is 53.3 Å². The Morgan fingerprint density at radius 1 is 1.35 bits per heavy atom. The number of hydrogen-bond donors (Lipinski definition) is 0. The summed E-state index contributed by atoms with van der Waals surface area (Å²) in [5.74, 6) is 2.24. The van der Waals surface area contributed by atoms with Gasteiger partial charge in [-0.1, -0.05) is 23.9 Å². The molecule has 0 unspecified atom stereocenters. The van der Waals surface area contributed by atoms with Crippen LogP contribution in [0.2, 0.25) is 0 Å². The summed E-state index contributed by atoms with van der Waals surface area (Å²) in [7, 11) is 0. The van der Waals surface area contributed by atoms with E-state index in [4.69, 9.17) is 4.42 Å². The number of aromatic nitrogens is 3. The van der Waals surface area contributed by atoms with E-state index in [-0.39, 0.29) is 0 Å². The molecule has 2 aromatic heterocycles. The highest BCUT2D eigenvalue weighted by Crippen LogP contribution is 2.24. The Morgan fingerprint density at radius 2 is 2.24 bits per heavy atom. The quantitative estimate of drug-likeness (QED) is 0.581. The van der Waals surface area contributed by atoms with Crippen LogP contribution in [0.4, 0.5) is 0 Å². The Balaban J connectivity index is 2.35. The highest BCUT2D eigenvalue weighted by molar-refractivity contribution is 7.99. The van der Waals surface area contributed by atoms with Gasteiger partial charge in [-0.05, 0) is 12.1 Å². The minimum Gasteiger partial charge on any atom is -0.461 e. The molecule has 0 aliphatic heterocycles. The second-order valence-corrected chi connectivity index (χ2v) is 4.27. The first-order valence-electron chi connectivity index (χ1n) is 5.18. The number of thioether (sulfide) groups is 1. The summed E-state index contributed by atoms with van der Waals surface area (Å²) in [5.41, 5.74) is 0. The minimum atomic E-state index is 0.655. The third kappa shape index (κ3) is 2.50. The Bertz CT molecular complexity index is 502. The van der Waals surface area contributed by atoms with E-state index in [1.807, 2.05) is 28.9 Å². The average Bonchev–Trinajstić information content (AvgIpc) is 2.96. The first-order valence-corrected chi connectivity index (χ1v) is 6.17. The van der Waals surface area contributed by atoms with E-state index in [0.29, 0.717) is 12.3 Å². The largest absolute Gasteiger partial charge is 0.461 e. The summed E-state index contributed by atoms with van der Waals surface area (Å²) in [5, 5.41) is 9.14. The van der Waals surface area contributed by atoms with Gasteiger partial charge in [0, 0.05) is 12.3 Å². The fraction of sp³-hybridized carbons (Fsp3) is 0.167. The molecule has 2 heterocycles. The van der Waals surface area contributed by atoms with Crippen LogP contribution >= 0.6 is 11.8 Å². The van der Waals surface area contributed by atoms with E-state index < -0.39 is 0 Å². The number of allylic oxidation sites excluding steroid dienone is 1. The third-order valence-corrected chi connectivity index (χ3v) is 3.06. The van der Waals surface area contributed by atoms with Crippen molar-refractivity contribution in [2.24, 2.45) is 0 Å². The summed E-state index contributed by atoms with van der Waals surface area (Å²) in [4.78, 5) is 0. The topological polar surface area (TPSA) is 43.9 Å². The van der Waals surface area contributed by atoms with Gasteiger partial charge in [0.05, 0.1) is 6.26 Å². The molecule has 0 aliphatic carbocycles. The molecular weight excluding hydrogens is 234 g/mol. The predicted octanol–water partition coefficient (Wildman–Crippen LogP) is 3.00. The van der Waals surface area contributed by atoms with E-state index >= 15 is 0 Å². The monoisotopic (exact) mass is 247 g/mol. The van der Waals surface area contributed by atoms with Crippen molar-refractivity contribution in [3.63, 3.8) is 0 Å². The zero-order valence-electron chi connectivity index (χ0n) is 9.37. The zero-order chi connectivity index (χ0) is 12.1. The predicted molar refractivity (Wildman–Crippen MR) is 68.8 cm³/mol. The van der Waals surface area contributed by atoms with Gasteiger partial charge in [-0.15, -0.1) is 23.4 Å². The Morgan fingerprint density at radius 3 is 2.88 bits per heavy atom. The Hall–Kier alpha value is -1.75. The SMILES string of the molecule is C=CCSc1nnc(-c2ccco2)n1CC=C. The zero-order valence-corrected chi connectivity index (χ0v) is 10.2. The fourth-order valence-electron chi connectivity index (χ4n) is 1.41. The lowest BCUT2D eigenvalue weighted by Crippen LogP contribution is -2.00. The number of nitrogens with zero attached hydrogens (tertiary/aromatic N) is 3. The molecule has 0 fully saturated rings. The molecule has 2 rings (SSSR count). The van der Waals surface area contributed by atoms with Crippen molar-refractivity contribution in [3.8, 4) is 11.6 Å². The minimum absolute atomic E-state index is 0.655. The van der Waals surface area contributed by atoms with Crippen molar-refractivity contribution in [2.45, 2.75) is 11.7 Å². The maximum absolute atomic E-state index is 5.34. The van der Waals surface area contributed by atoms with E-state index in [9.17, 15) is 0 Å². The van der Waals surface area contributed by atoms with Crippen molar-refractivity contribution >= 4 is 11.8 Å². The van der Waals surface area contributed by atoms with Crippen LogP contribution in [0.1, 0.15) is 0 Å². The summed E-state index contributed by atoms with van der Waals surface area (Å²) in [6.07, 6.45) is 5.27. The molecule has 4 nitrogen and oxygen atoms in total. The van der Waals surface area contributed by atoms with E-state index in [2.05, 4.69) is 23.4 Å². The lowest BCUT2D eigenvalue weighted by Gasteiger charge is -2.04. The molecule has 0 saturated heterocycles. The number of hydrogen-bond acceptors (Lipinski definition) is 4. The standard InChI is InChI=1S/C12H13N3OS/c1-3-7-15-11(10-6-5-8-16-10)13-14-12(15)17-9-4-2/h3-6,8H,1-2,7,9H2. The van der Waals surface area contributed by atoms with Crippen LogP contribution < -0.4 is 0 Å². The van der Waals surface area contributed by atoms with Crippen molar-refractivity contribution in [1.82, 2.24) is 14.8 Å². The number of rotatable bonds is 6. The molecule has 0 radical (unpaired) electrons. The van der Waals surface area contributed by atoms with Crippen LogP contribution in [-0.4, -0.2) is 20.5 Å². The molecule has 0 bridgehead atoms. The maximum Gasteiger partial charge on any atom is 0.200 e. The summed E-state index contributed by atoms with van der Waals surface area (Å²) < 4.78 is 7.31. The highest BCUT2D eigenvalue weighted by Gasteiger charge is 2.14. The average molecular weight is 247 g/mol. The summed E-state index contributed by atoms with van der Waals surface area (Å²) in [6.45, 7) is 8.09. The molecule has 17 heavy (non-hydrogen) atoms. The second kappa shape index (κ2) is 5.54. The van der Waals surface area contributed by atoms with Crippen LogP contribution in [0.5, 0.6) is 0 Å². The van der Waals surface area contributed by atoms with Crippen molar-refractivity contribution in [1.29, 1.82) is 0 Å². The highest BCUT2D eigenvalue weighted by atomic mass is 32.2. The van der Waals surface area contributed by atoms with Gasteiger partial charge in [-0.25, -0.2) is 0 Å². The van der Waals surface area contributed by atoms with Crippen LogP contribution in [0.25, 0.3) is 11.6 Å². The van der Waals surface area contributed by atoms with Crippen molar-refractivity contribution < 1.29 is 4.42 Å². The van der Waals surface area contributed by atoms with E-state index in [1.54, 1.807) is 18.0 Å². The Kier molecular flexibility index (Phi) is 3.82. The van der Waals surface area contributed by atoms with Crippen LogP contribution in [0.3, 0.4) is 0 Å². The molecule has 0 amide bonds. The molecule has 5 heteroatoms. The molecular formula is C12H13N3OS. The fourth-order valence-corrected chi connectivity index (χ4v) is 2.09. The molecule has 2 aromatic rings. The lowest BCUT2D eigenvalue weighted by atomic mass is 10.4. The van der Waals surface area contributed by atoms with Gasteiger partial charge < -0.3 is 4.42 Å². The lowest BCUT2D eigenvalue weighted by molar-refractivity contribution is 0.570. The Labute approximate surface area is 104 Å². The molecule has 0 spiro atoms.